The summed E-state index contributed by atoms with van der Waals surface area (Å²) >= 11 is 6.53. The SMILES string of the molecule is Cc1sc(-n2c(C)cc(/C=C3/C(=O)NC(=S)N(C)C3=O)c2C)c(C#N)c1C. The molecule has 1 aliphatic rings. The normalized spacial score (nSPS) is 16.1. The van der Waals surface area contributed by atoms with Crippen molar-refractivity contribution in [3.05, 3.63) is 44.6 Å². The molecule has 138 valence electrons. The van der Waals surface area contributed by atoms with Gasteiger partial charge >= 0.3 is 0 Å². The van der Waals surface area contributed by atoms with E-state index in [-0.39, 0.29) is 10.7 Å². The number of thiophene rings is 1. The molecule has 3 rings (SSSR count). The third-order valence-electron chi connectivity index (χ3n) is 4.76. The topological polar surface area (TPSA) is 78.1 Å². The van der Waals surface area contributed by atoms with E-state index in [0.29, 0.717) is 5.56 Å². The van der Waals surface area contributed by atoms with Crippen LogP contribution in [0, 0.1) is 39.0 Å². The monoisotopic (exact) mass is 398 g/mol. The molecule has 0 saturated carbocycles. The summed E-state index contributed by atoms with van der Waals surface area (Å²) in [5.74, 6) is -0.942. The molecule has 27 heavy (non-hydrogen) atoms. The minimum atomic E-state index is -0.506. The molecule has 1 N–H and O–H groups in total. The number of hydrogen-bond acceptors (Lipinski definition) is 5. The Morgan fingerprint density at radius 1 is 1.26 bits per heavy atom. The Kier molecular flexibility index (Phi) is 4.76. The van der Waals surface area contributed by atoms with Gasteiger partial charge in [0.05, 0.1) is 5.56 Å². The fourth-order valence-corrected chi connectivity index (χ4v) is 4.44. The number of amides is 2. The molecule has 2 aromatic rings. The van der Waals surface area contributed by atoms with Crippen molar-refractivity contribution in [2.75, 3.05) is 7.05 Å². The van der Waals surface area contributed by atoms with Gasteiger partial charge in [-0.25, -0.2) is 0 Å². The van der Waals surface area contributed by atoms with Crippen molar-refractivity contribution >= 4 is 46.6 Å². The van der Waals surface area contributed by atoms with Crippen LogP contribution in [0.2, 0.25) is 0 Å². The van der Waals surface area contributed by atoms with Crippen LogP contribution in [0.4, 0.5) is 0 Å². The van der Waals surface area contributed by atoms with Gasteiger partial charge in [-0.3, -0.25) is 19.8 Å². The number of nitrogens with zero attached hydrogens (tertiary/aromatic N) is 3. The van der Waals surface area contributed by atoms with Gasteiger partial charge in [0.25, 0.3) is 11.8 Å². The van der Waals surface area contributed by atoms with Crippen LogP contribution in [-0.2, 0) is 9.59 Å². The zero-order valence-electron chi connectivity index (χ0n) is 15.6. The second-order valence-corrected chi connectivity index (χ2v) is 8.01. The van der Waals surface area contributed by atoms with Gasteiger partial charge in [0.15, 0.2) is 5.11 Å². The minimum Gasteiger partial charge on any atom is -0.308 e. The summed E-state index contributed by atoms with van der Waals surface area (Å²) in [6, 6.07) is 4.19. The summed E-state index contributed by atoms with van der Waals surface area (Å²) in [6.45, 7) is 7.77. The first kappa shape index (κ1) is 19.0. The lowest BCUT2D eigenvalue weighted by Crippen LogP contribution is -2.52. The van der Waals surface area contributed by atoms with Crippen molar-refractivity contribution in [1.82, 2.24) is 14.8 Å². The van der Waals surface area contributed by atoms with E-state index in [1.54, 1.807) is 17.4 Å². The molecule has 6 nitrogen and oxygen atoms in total. The predicted octanol–water partition coefficient (Wildman–Crippen LogP) is 2.90. The third-order valence-corrected chi connectivity index (χ3v) is 6.32. The minimum absolute atomic E-state index is 0.0328. The van der Waals surface area contributed by atoms with E-state index >= 15 is 0 Å². The maximum atomic E-state index is 12.4. The predicted molar refractivity (Wildman–Crippen MR) is 109 cm³/mol. The Morgan fingerprint density at radius 3 is 2.56 bits per heavy atom. The van der Waals surface area contributed by atoms with Crippen molar-refractivity contribution in [3.8, 4) is 11.1 Å². The van der Waals surface area contributed by atoms with Gasteiger partial charge in [-0.1, -0.05) is 0 Å². The van der Waals surface area contributed by atoms with Gasteiger partial charge in [-0.05, 0) is 63.2 Å². The fourth-order valence-electron chi connectivity index (χ4n) is 3.05. The van der Waals surface area contributed by atoms with Crippen molar-refractivity contribution in [1.29, 1.82) is 5.26 Å². The van der Waals surface area contributed by atoms with Crippen LogP contribution in [0.5, 0.6) is 0 Å². The molecular formula is C19H18N4O2S2. The quantitative estimate of drug-likeness (QED) is 0.479. The van der Waals surface area contributed by atoms with E-state index in [1.807, 2.05) is 38.3 Å². The first-order valence-corrected chi connectivity index (χ1v) is 9.44. The Hall–Kier alpha value is -2.76. The highest BCUT2D eigenvalue weighted by atomic mass is 32.1. The highest BCUT2D eigenvalue weighted by molar-refractivity contribution is 7.80. The van der Waals surface area contributed by atoms with Crippen LogP contribution < -0.4 is 5.32 Å². The number of carbonyl (C=O) groups excluding carboxylic acids is 2. The smallest absolute Gasteiger partial charge is 0.265 e. The number of nitrogens with one attached hydrogen (secondary N) is 1. The van der Waals surface area contributed by atoms with Crippen LogP contribution in [0.3, 0.4) is 0 Å². The summed E-state index contributed by atoms with van der Waals surface area (Å²) < 4.78 is 2.00. The third kappa shape index (κ3) is 2.99. The highest BCUT2D eigenvalue weighted by Crippen LogP contribution is 2.34. The average molecular weight is 399 g/mol. The van der Waals surface area contributed by atoms with Gasteiger partial charge in [0.1, 0.15) is 16.6 Å². The molecule has 1 saturated heterocycles. The summed E-state index contributed by atoms with van der Waals surface area (Å²) in [5.41, 5.74) is 4.18. The van der Waals surface area contributed by atoms with Crippen LogP contribution in [0.1, 0.15) is 33.0 Å². The molecular weight excluding hydrogens is 380 g/mol. The molecule has 0 atom stereocenters. The number of aryl methyl sites for hydroxylation is 2. The maximum Gasteiger partial charge on any atom is 0.265 e. The molecule has 0 bridgehead atoms. The molecule has 0 aliphatic carbocycles. The van der Waals surface area contributed by atoms with Gasteiger partial charge in [0, 0.05) is 23.3 Å². The molecule has 2 amide bonds. The lowest BCUT2D eigenvalue weighted by Gasteiger charge is -2.25. The standard InChI is InChI=1S/C19H18N4O2S2/c1-9-6-13(7-14-16(24)21-19(26)22(5)17(14)25)11(3)23(9)18-15(8-20)10(2)12(4)27-18/h6-7H,1-5H3,(H,21,24,26)/b14-7-. The number of hydrogen-bond donors (Lipinski definition) is 1. The molecule has 1 fully saturated rings. The van der Waals surface area contributed by atoms with E-state index in [1.165, 1.54) is 11.9 Å². The van der Waals surface area contributed by atoms with Crippen LogP contribution in [-0.4, -0.2) is 33.4 Å². The Bertz CT molecular complexity index is 1080. The Balaban J connectivity index is 2.14. The average Bonchev–Trinajstić information content (AvgIpc) is 3.05. The first-order chi connectivity index (χ1) is 12.7. The van der Waals surface area contributed by atoms with Crippen molar-refractivity contribution in [2.24, 2.45) is 0 Å². The van der Waals surface area contributed by atoms with E-state index in [9.17, 15) is 14.9 Å². The number of rotatable bonds is 2. The van der Waals surface area contributed by atoms with Crippen LogP contribution >= 0.6 is 23.6 Å². The molecule has 0 aromatic carbocycles. The largest absolute Gasteiger partial charge is 0.308 e. The molecule has 0 spiro atoms. The molecule has 1 aliphatic heterocycles. The van der Waals surface area contributed by atoms with Crippen LogP contribution in [0.15, 0.2) is 11.6 Å². The Morgan fingerprint density at radius 2 is 1.93 bits per heavy atom. The molecule has 0 unspecified atom stereocenters. The van der Waals surface area contributed by atoms with Crippen molar-refractivity contribution < 1.29 is 9.59 Å². The number of likely N-dealkylation sites (N-methyl/N-ethyl adjacent to an activating group) is 1. The van der Waals surface area contributed by atoms with Gasteiger partial charge in [-0.2, -0.15) is 5.26 Å². The number of nitriles is 1. The zero-order chi connectivity index (χ0) is 20.0. The summed E-state index contributed by atoms with van der Waals surface area (Å²) in [6.07, 6.45) is 1.58. The number of carbonyl (C=O) groups is 2. The van der Waals surface area contributed by atoms with Crippen molar-refractivity contribution in [3.63, 3.8) is 0 Å². The maximum absolute atomic E-state index is 12.4. The van der Waals surface area contributed by atoms with E-state index < -0.39 is 11.8 Å². The highest BCUT2D eigenvalue weighted by Gasteiger charge is 2.31. The summed E-state index contributed by atoms with van der Waals surface area (Å²) in [4.78, 5) is 27.0. The fraction of sp³-hybridized carbons (Fsp3) is 0.263. The number of aromatic nitrogens is 1. The molecule has 8 heteroatoms. The molecule has 0 radical (unpaired) electrons. The van der Waals surface area contributed by atoms with Gasteiger partial charge in [-0.15, -0.1) is 11.3 Å². The van der Waals surface area contributed by atoms with Crippen LogP contribution in [0.25, 0.3) is 11.1 Å². The second kappa shape index (κ2) is 6.76. The lowest BCUT2D eigenvalue weighted by atomic mass is 10.1. The summed E-state index contributed by atoms with van der Waals surface area (Å²) in [7, 11) is 1.53. The zero-order valence-corrected chi connectivity index (χ0v) is 17.3. The van der Waals surface area contributed by atoms with Gasteiger partial charge < -0.3 is 4.57 Å². The van der Waals surface area contributed by atoms with E-state index in [4.69, 9.17) is 12.2 Å². The van der Waals surface area contributed by atoms with E-state index in [0.717, 1.165) is 32.4 Å². The van der Waals surface area contributed by atoms with Crippen molar-refractivity contribution in [2.45, 2.75) is 27.7 Å². The first-order valence-electron chi connectivity index (χ1n) is 8.21. The Labute approximate surface area is 166 Å². The lowest BCUT2D eigenvalue weighted by molar-refractivity contribution is -0.128. The summed E-state index contributed by atoms with van der Waals surface area (Å²) in [5, 5.41) is 13.0. The second-order valence-electron chi connectivity index (χ2n) is 6.42. The molecule has 2 aromatic heterocycles. The number of thiocarbonyl (C=S) groups is 1. The molecule has 3 heterocycles. The van der Waals surface area contributed by atoms with Gasteiger partial charge in [0.2, 0.25) is 0 Å². The van der Waals surface area contributed by atoms with E-state index in [2.05, 4.69) is 11.4 Å².